The number of rotatable bonds is 42. The molecule has 2 N–H and O–H groups in total. The lowest BCUT2D eigenvalue weighted by atomic mass is 9.92. The van der Waals surface area contributed by atoms with Gasteiger partial charge < -0.3 is 43.8 Å². The Hall–Kier alpha value is -6.61. The van der Waals surface area contributed by atoms with Gasteiger partial charge in [0.05, 0.1) is 25.7 Å². The Morgan fingerprint density at radius 2 is 0.885 bits per heavy atom. The fraction of sp³-hybridized carbons (Fsp3) is 0.448. The molecule has 470 valence electrons. The largest absolute Gasteiger partial charge is 0.492 e. The average Bonchev–Trinajstić information content (AvgIpc) is 3.24. The minimum Gasteiger partial charge on any atom is -0.492 e. The first-order valence-electron chi connectivity index (χ1n) is 29.5. The molecule has 0 aliphatic carbocycles. The van der Waals surface area contributed by atoms with Crippen LogP contribution in [0.5, 0.6) is 11.5 Å². The lowest BCUT2D eigenvalue weighted by molar-refractivity contribution is -0.143. The van der Waals surface area contributed by atoms with Crippen LogP contribution < -0.4 is 20.1 Å². The van der Waals surface area contributed by atoms with Gasteiger partial charge >= 0.3 is 30.0 Å². The molecule has 0 saturated carbocycles. The number of alkyl carbamates (subject to hydrolysis) is 1. The van der Waals surface area contributed by atoms with Gasteiger partial charge in [0.2, 0.25) is 5.91 Å². The molecular weight excluding hydrogens is 1190 g/mol. The molecule has 5 aromatic rings. The summed E-state index contributed by atoms with van der Waals surface area (Å²) in [5.41, 5.74) is 3.09. The third-order valence-corrected chi connectivity index (χ3v) is 17.6. The predicted octanol–water partition coefficient (Wildman–Crippen LogP) is 11.3. The highest BCUT2D eigenvalue weighted by Gasteiger charge is 2.25. The number of nitrogens with one attached hydrogen (secondary N) is 2. The molecule has 20 heteroatoms. The molecule has 3 atom stereocenters. The summed E-state index contributed by atoms with van der Waals surface area (Å²) < 4.78 is 40.9. The summed E-state index contributed by atoms with van der Waals surface area (Å²) in [5, 5.41) is 5.36. The molecule has 2 amide bonds. The van der Waals surface area contributed by atoms with Crippen molar-refractivity contribution >= 4 is 88.7 Å². The molecule has 16 nitrogen and oxygen atoms in total. The number of ether oxygens (including phenoxy) is 7. The molecule has 87 heavy (non-hydrogen) atoms. The Kier molecular flexibility index (Phi) is 34.0. The van der Waals surface area contributed by atoms with E-state index in [0.29, 0.717) is 78.4 Å². The minimum atomic E-state index is -0.664. The molecule has 0 radical (unpaired) electrons. The van der Waals surface area contributed by atoms with E-state index in [1.165, 1.54) is 0 Å². The second kappa shape index (κ2) is 41.5. The maximum Gasteiger partial charge on any atom is 0.407 e. The lowest BCUT2D eigenvalue weighted by Crippen LogP contribution is -2.33. The van der Waals surface area contributed by atoms with Gasteiger partial charge in [-0.25, -0.2) is 4.79 Å². The van der Waals surface area contributed by atoms with E-state index in [4.69, 9.17) is 33.2 Å². The van der Waals surface area contributed by atoms with Crippen molar-refractivity contribution in [2.24, 2.45) is 5.92 Å². The van der Waals surface area contributed by atoms with E-state index in [9.17, 15) is 33.6 Å². The molecule has 5 rings (SSSR count). The summed E-state index contributed by atoms with van der Waals surface area (Å²) in [6, 6.07) is 42.7. The van der Waals surface area contributed by atoms with E-state index in [-0.39, 0.29) is 123 Å². The number of hydrogen-bond donors (Lipinski definition) is 2. The van der Waals surface area contributed by atoms with Crippen LogP contribution in [0.25, 0.3) is 0 Å². The van der Waals surface area contributed by atoms with E-state index in [0.717, 1.165) is 22.3 Å². The number of hydrogen-bond acceptors (Lipinski definition) is 18. The zero-order valence-electron chi connectivity index (χ0n) is 50.4. The zero-order valence-corrected chi connectivity index (χ0v) is 53.7. The van der Waals surface area contributed by atoms with Crippen LogP contribution >= 0.6 is 47.0 Å². The molecule has 5 aromatic carbocycles. The average molecular weight is 1270 g/mol. The summed E-state index contributed by atoms with van der Waals surface area (Å²) >= 11 is 6.33. The first kappa shape index (κ1) is 71.1. The van der Waals surface area contributed by atoms with Crippen LogP contribution in [0.15, 0.2) is 140 Å². The van der Waals surface area contributed by atoms with Gasteiger partial charge in [0, 0.05) is 82.1 Å². The second-order valence-electron chi connectivity index (χ2n) is 21.1. The summed E-state index contributed by atoms with van der Waals surface area (Å²) in [4.78, 5) is 91.1. The third-order valence-electron chi connectivity index (χ3n) is 12.6. The van der Waals surface area contributed by atoms with Crippen molar-refractivity contribution in [3.63, 3.8) is 0 Å². The molecular formula is C67H84N2O14S4. The van der Waals surface area contributed by atoms with Crippen LogP contribution in [-0.2, 0) is 73.3 Å². The van der Waals surface area contributed by atoms with Crippen LogP contribution in [0.4, 0.5) is 4.79 Å². The molecule has 0 saturated heterocycles. The van der Waals surface area contributed by atoms with E-state index < -0.39 is 17.6 Å². The monoisotopic (exact) mass is 1270 g/mol. The number of ketones is 1. The normalized spacial score (nSPS) is 12.1. The molecule has 0 fully saturated rings. The van der Waals surface area contributed by atoms with Gasteiger partial charge in [0.1, 0.15) is 56.7 Å². The van der Waals surface area contributed by atoms with Gasteiger partial charge in [0.15, 0.2) is 5.78 Å². The molecule has 0 aromatic heterocycles. The summed E-state index contributed by atoms with van der Waals surface area (Å²) in [6.45, 7) is 9.07. The highest BCUT2D eigenvalue weighted by molar-refractivity contribution is 8.03. The third kappa shape index (κ3) is 32.3. The molecule has 0 bridgehead atoms. The number of carbonyl (C=O) groups excluding carboxylic acids is 7. The van der Waals surface area contributed by atoms with Crippen LogP contribution in [0.1, 0.15) is 86.0 Å². The fourth-order valence-electron chi connectivity index (χ4n) is 8.43. The SMILES string of the molecule is CCNC(=O)C(CCCCNC(=O)OC(C)(C)C)CC(=O)c1cc(OCC(CSCCOC(=O)Cc2ccccc2)SCCOC(=O)Cc2ccccc2)cc(OCC(CSCCOC(=O)Cc2ccccc2)SCCOC(=O)Cc2ccccc2)c1. The highest BCUT2D eigenvalue weighted by atomic mass is 32.2. The second-order valence-corrected chi connectivity index (χ2v) is 26.2. The smallest absolute Gasteiger partial charge is 0.407 e. The van der Waals surface area contributed by atoms with Crippen LogP contribution in [0.3, 0.4) is 0 Å². The topological polar surface area (TPSA) is 208 Å². The molecule has 0 spiro atoms. The van der Waals surface area contributed by atoms with Crippen molar-refractivity contribution in [2.75, 3.05) is 87.2 Å². The van der Waals surface area contributed by atoms with Gasteiger partial charge in [0.25, 0.3) is 0 Å². The summed E-state index contributed by atoms with van der Waals surface area (Å²) in [7, 11) is 0. The van der Waals surface area contributed by atoms with Crippen molar-refractivity contribution in [1.82, 2.24) is 10.6 Å². The van der Waals surface area contributed by atoms with Crippen LogP contribution in [-0.4, -0.2) is 145 Å². The zero-order chi connectivity index (χ0) is 62.3. The lowest BCUT2D eigenvalue weighted by Gasteiger charge is -2.21. The number of benzene rings is 5. The van der Waals surface area contributed by atoms with E-state index in [1.54, 1.807) is 86.0 Å². The molecule has 0 heterocycles. The number of thioether (sulfide) groups is 4. The maximum absolute atomic E-state index is 14.5. The van der Waals surface area contributed by atoms with Crippen LogP contribution in [0.2, 0.25) is 0 Å². The predicted molar refractivity (Wildman–Crippen MR) is 348 cm³/mol. The number of carbonyl (C=O) groups is 7. The van der Waals surface area contributed by atoms with E-state index in [1.807, 2.05) is 128 Å². The van der Waals surface area contributed by atoms with E-state index in [2.05, 4.69) is 10.6 Å². The summed E-state index contributed by atoms with van der Waals surface area (Å²) in [6.07, 6.45) is 1.54. The Morgan fingerprint density at radius 1 is 0.494 bits per heavy atom. The Balaban J connectivity index is 1.31. The van der Waals surface area contributed by atoms with Crippen molar-refractivity contribution in [1.29, 1.82) is 0 Å². The first-order chi connectivity index (χ1) is 42.1. The van der Waals surface area contributed by atoms with Gasteiger partial charge in [-0.2, -0.15) is 47.0 Å². The number of Topliss-reactive ketones (excluding diaryl/α,β-unsaturated/α-hetero) is 1. The van der Waals surface area contributed by atoms with Gasteiger partial charge in [-0.15, -0.1) is 0 Å². The molecule has 0 aliphatic rings. The van der Waals surface area contributed by atoms with Crippen LogP contribution in [0, 0.1) is 5.92 Å². The molecule has 0 aliphatic heterocycles. The Labute approximate surface area is 530 Å². The quantitative estimate of drug-likeness (QED) is 0.0161. The maximum atomic E-state index is 14.5. The molecule has 3 unspecified atom stereocenters. The Morgan fingerprint density at radius 3 is 1.26 bits per heavy atom. The van der Waals surface area contributed by atoms with Gasteiger partial charge in [-0.05, 0) is 74.9 Å². The number of esters is 4. The Bertz CT molecular complexity index is 2680. The van der Waals surface area contributed by atoms with Crippen molar-refractivity contribution in [3.8, 4) is 11.5 Å². The van der Waals surface area contributed by atoms with Gasteiger partial charge in [-0.1, -0.05) is 128 Å². The van der Waals surface area contributed by atoms with Crippen molar-refractivity contribution < 1.29 is 66.7 Å². The van der Waals surface area contributed by atoms with E-state index >= 15 is 0 Å². The standard InChI is InChI=1S/C67H84N2O14S4/c1-5-68-65(75)54(28-18-19-29-69-66(76)83-67(2,3)4)44-60(70)55-42-56(81-46-58(86-36-32-79-63(73)40-52-24-14-8-15-25-52)48-84-34-30-77-61(71)38-50-20-10-6-11-21-50)45-57(43-55)82-47-59(87-37-33-80-64(74)41-53-26-16-9-17-27-53)49-85-35-31-78-62(72)39-51-22-12-7-13-23-51/h6-17,20-27,42-43,45,54,58-59H,5,18-19,28-41,44,46-49H2,1-4H3,(H,68,75)(H,69,76). The number of unbranched alkanes of at least 4 members (excludes halogenated alkanes) is 1. The van der Waals surface area contributed by atoms with Gasteiger partial charge in [-0.3, -0.25) is 28.8 Å². The summed E-state index contributed by atoms with van der Waals surface area (Å²) in [5.74, 6) is 1.42. The first-order valence-corrected chi connectivity index (χ1v) is 33.9. The van der Waals surface area contributed by atoms with Crippen molar-refractivity contribution in [3.05, 3.63) is 167 Å². The fourth-order valence-corrected chi connectivity index (χ4v) is 12.6. The van der Waals surface area contributed by atoms with Crippen molar-refractivity contribution in [2.45, 2.75) is 95.2 Å². The minimum absolute atomic E-state index is 0.101. The number of amides is 2. The highest BCUT2D eigenvalue weighted by Crippen LogP contribution is 2.29.